The molecule has 1 amide bonds. The molecule has 2 bridgehead atoms. The second kappa shape index (κ2) is 13.6. The first kappa shape index (κ1) is 29.2. The number of rotatable bonds is 12. The van der Waals surface area contributed by atoms with Crippen LogP contribution in [0.2, 0.25) is 0 Å². The van der Waals surface area contributed by atoms with E-state index >= 15 is 0 Å². The van der Waals surface area contributed by atoms with Crippen molar-refractivity contribution in [3.05, 3.63) is 53.2 Å². The molecule has 5 rings (SSSR count). The molecule has 2 aromatic rings. The van der Waals surface area contributed by atoms with E-state index in [-0.39, 0.29) is 23.8 Å². The minimum Gasteiger partial charge on any atom is -0.382 e. The van der Waals surface area contributed by atoms with Gasteiger partial charge in [0.05, 0.1) is 0 Å². The van der Waals surface area contributed by atoms with Gasteiger partial charge in [-0.2, -0.15) is 0 Å². The fourth-order valence-electron chi connectivity index (χ4n) is 6.87. The van der Waals surface area contributed by atoms with E-state index in [0.29, 0.717) is 35.2 Å². The van der Waals surface area contributed by atoms with Gasteiger partial charge in [0.1, 0.15) is 5.82 Å². The Kier molecular flexibility index (Phi) is 9.70. The predicted octanol–water partition coefficient (Wildman–Crippen LogP) is 5.48. The van der Waals surface area contributed by atoms with Crippen molar-refractivity contribution in [2.75, 3.05) is 29.9 Å². The van der Waals surface area contributed by atoms with Crippen molar-refractivity contribution in [2.45, 2.75) is 102 Å². The number of Topliss-reactive ketones (excluding diaryl/α,β-unsaturated/α-hetero) is 1. The van der Waals surface area contributed by atoms with Gasteiger partial charge in [-0.3, -0.25) is 14.4 Å². The number of anilines is 2. The largest absolute Gasteiger partial charge is 0.382 e. The Balaban J connectivity index is 1.17. The molecule has 3 aliphatic heterocycles. The van der Waals surface area contributed by atoms with Crippen molar-refractivity contribution in [3.8, 4) is 0 Å². The van der Waals surface area contributed by atoms with Crippen molar-refractivity contribution in [1.29, 1.82) is 0 Å². The zero-order valence-corrected chi connectivity index (χ0v) is 24.6. The number of pyridine rings is 1. The Labute approximate surface area is 244 Å². The first-order valence-electron chi connectivity index (χ1n) is 15.7. The number of likely N-dealkylation sites (tertiary alicyclic amines) is 1. The van der Waals surface area contributed by atoms with Gasteiger partial charge >= 0.3 is 0 Å². The lowest BCUT2D eigenvalue weighted by Crippen LogP contribution is -2.50. The number of aldehydes is 1. The zero-order chi connectivity index (χ0) is 28.8. The standard InChI is InChI=1S/C33H45N5O3/c1-3-26(4-2)35-30-18-23(8-9-25(30)22-39)33(41)36-27-19-28-11-12-29(20-27)38(28)32-13-10-24(21-34-32)31(40)14-17-37-15-6-5-7-16-37/h8-10,13,18,21-22,26-29,35H,3-7,11-12,14-17,19-20H2,1-2H3,(H,36,41). The molecule has 8 nitrogen and oxygen atoms in total. The van der Waals surface area contributed by atoms with Crippen LogP contribution in [0.4, 0.5) is 11.5 Å². The molecule has 0 aliphatic carbocycles. The number of aromatic nitrogens is 1. The monoisotopic (exact) mass is 559 g/mol. The Bertz CT molecular complexity index is 1190. The molecule has 2 N–H and O–H groups in total. The molecule has 0 radical (unpaired) electrons. The molecule has 220 valence electrons. The van der Waals surface area contributed by atoms with Crippen LogP contribution in [0.3, 0.4) is 0 Å². The summed E-state index contributed by atoms with van der Waals surface area (Å²) in [5, 5.41) is 6.70. The maximum Gasteiger partial charge on any atom is 0.251 e. The van der Waals surface area contributed by atoms with Gasteiger partial charge < -0.3 is 20.4 Å². The van der Waals surface area contributed by atoms with Crippen LogP contribution in [0.25, 0.3) is 0 Å². The van der Waals surface area contributed by atoms with E-state index in [0.717, 1.165) is 76.0 Å². The molecule has 8 heteroatoms. The number of piperidine rings is 2. The first-order chi connectivity index (χ1) is 20.0. The lowest BCUT2D eigenvalue weighted by molar-refractivity contribution is 0.0924. The van der Waals surface area contributed by atoms with Gasteiger partial charge in [-0.25, -0.2) is 4.98 Å². The van der Waals surface area contributed by atoms with Gasteiger partial charge in [0.25, 0.3) is 5.91 Å². The molecule has 2 atom stereocenters. The molecule has 1 aromatic heterocycles. The molecule has 3 saturated heterocycles. The van der Waals surface area contributed by atoms with Crippen molar-refractivity contribution < 1.29 is 14.4 Å². The molecular weight excluding hydrogens is 514 g/mol. The molecular formula is C33H45N5O3. The number of carbonyl (C=O) groups excluding carboxylic acids is 3. The molecule has 0 spiro atoms. The number of nitrogens with one attached hydrogen (secondary N) is 2. The number of nitrogens with zero attached hydrogens (tertiary/aromatic N) is 3. The molecule has 4 heterocycles. The average molecular weight is 560 g/mol. The number of hydrogen-bond acceptors (Lipinski definition) is 7. The Morgan fingerprint density at radius 3 is 2.34 bits per heavy atom. The van der Waals surface area contributed by atoms with Gasteiger partial charge in [-0.05, 0) is 94.8 Å². The van der Waals surface area contributed by atoms with E-state index < -0.39 is 0 Å². The predicted molar refractivity (Wildman–Crippen MR) is 163 cm³/mol. The van der Waals surface area contributed by atoms with Gasteiger partial charge in [0.15, 0.2) is 12.1 Å². The molecule has 2 unspecified atom stereocenters. The Morgan fingerprint density at radius 2 is 1.71 bits per heavy atom. The highest BCUT2D eigenvalue weighted by atomic mass is 16.1. The van der Waals surface area contributed by atoms with Crippen molar-refractivity contribution >= 4 is 29.5 Å². The van der Waals surface area contributed by atoms with Gasteiger partial charge in [0, 0.05) is 65.7 Å². The number of fused-ring (bicyclic) bond motifs is 2. The van der Waals surface area contributed by atoms with E-state index in [4.69, 9.17) is 4.98 Å². The number of carbonyl (C=O) groups is 3. The van der Waals surface area contributed by atoms with Crippen LogP contribution < -0.4 is 15.5 Å². The Hall–Kier alpha value is -3.26. The highest BCUT2D eigenvalue weighted by Crippen LogP contribution is 2.38. The van der Waals surface area contributed by atoms with Crippen LogP contribution in [0, 0.1) is 0 Å². The van der Waals surface area contributed by atoms with Gasteiger partial charge in [-0.1, -0.05) is 20.3 Å². The Morgan fingerprint density at radius 1 is 1.00 bits per heavy atom. The van der Waals surface area contributed by atoms with Crippen LogP contribution in [0.1, 0.15) is 109 Å². The van der Waals surface area contributed by atoms with E-state index in [1.165, 1.54) is 19.3 Å². The van der Waals surface area contributed by atoms with Crippen molar-refractivity contribution in [3.63, 3.8) is 0 Å². The van der Waals surface area contributed by atoms with E-state index in [9.17, 15) is 14.4 Å². The first-order valence-corrected chi connectivity index (χ1v) is 15.7. The smallest absolute Gasteiger partial charge is 0.251 e. The SMILES string of the molecule is CCC(CC)Nc1cc(C(=O)NC2CC3CCC(C2)N3c2ccc(C(=O)CCN3CCCCC3)cn2)ccc1C=O. The lowest BCUT2D eigenvalue weighted by atomic mass is 9.96. The van der Waals surface area contributed by atoms with Crippen molar-refractivity contribution in [2.24, 2.45) is 0 Å². The van der Waals surface area contributed by atoms with E-state index in [1.807, 2.05) is 12.1 Å². The van der Waals surface area contributed by atoms with Gasteiger partial charge in [0.2, 0.25) is 0 Å². The van der Waals surface area contributed by atoms with Crippen LogP contribution >= 0.6 is 0 Å². The highest BCUT2D eigenvalue weighted by Gasteiger charge is 2.41. The summed E-state index contributed by atoms with van der Waals surface area (Å²) in [5.41, 5.74) is 2.55. The normalized spacial score (nSPS) is 22.5. The quantitative estimate of drug-likeness (QED) is 0.263. The maximum absolute atomic E-state index is 13.2. The summed E-state index contributed by atoms with van der Waals surface area (Å²) in [5.74, 6) is 0.994. The summed E-state index contributed by atoms with van der Waals surface area (Å²) in [6.07, 6.45) is 12.7. The van der Waals surface area contributed by atoms with Gasteiger partial charge in [-0.15, -0.1) is 0 Å². The molecule has 41 heavy (non-hydrogen) atoms. The fourth-order valence-corrected chi connectivity index (χ4v) is 6.87. The van der Waals surface area contributed by atoms with E-state index in [1.54, 1.807) is 24.4 Å². The number of amides is 1. The fraction of sp³-hybridized carbons (Fsp3) is 0.576. The highest BCUT2D eigenvalue weighted by molar-refractivity contribution is 5.97. The van der Waals surface area contributed by atoms with E-state index in [2.05, 4.69) is 34.3 Å². The molecule has 0 saturated carbocycles. The van der Waals surface area contributed by atoms with Crippen LogP contribution in [-0.2, 0) is 0 Å². The number of ketones is 1. The van der Waals surface area contributed by atoms with Crippen LogP contribution in [-0.4, -0.2) is 71.7 Å². The van der Waals surface area contributed by atoms with Crippen molar-refractivity contribution in [1.82, 2.24) is 15.2 Å². The zero-order valence-electron chi connectivity index (χ0n) is 24.6. The summed E-state index contributed by atoms with van der Waals surface area (Å²) in [6.45, 7) is 7.26. The average Bonchev–Trinajstić information content (AvgIpc) is 3.28. The molecule has 1 aromatic carbocycles. The second-order valence-electron chi connectivity index (χ2n) is 12.0. The third-order valence-corrected chi connectivity index (χ3v) is 9.29. The summed E-state index contributed by atoms with van der Waals surface area (Å²) in [6, 6.07) is 10.2. The maximum atomic E-state index is 13.2. The summed E-state index contributed by atoms with van der Waals surface area (Å²) in [7, 11) is 0. The summed E-state index contributed by atoms with van der Waals surface area (Å²) < 4.78 is 0. The van der Waals surface area contributed by atoms with Crippen LogP contribution in [0.5, 0.6) is 0 Å². The van der Waals surface area contributed by atoms with Crippen LogP contribution in [0.15, 0.2) is 36.5 Å². The lowest BCUT2D eigenvalue weighted by Gasteiger charge is -2.40. The molecule has 3 aliphatic rings. The minimum absolute atomic E-state index is 0.0908. The minimum atomic E-state index is -0.0987. The summed E-state index contributed by atoms with van der Waals surface area (Å²) in [4.78, 5) is 47.1. The summed E-state index contributed by atoms with van der Waals surface area (Å²) >= 11 is 0. The number of hydrogen-bond donors (Lipinski definition) is 2. The third kappa shape index (κ3) is 6.97. The number of benzene rings is 1. The topological polar surface area (TPSA) is 94.6 Å². The second-order valence-corrected chi connectivity index (χ2v) is 12.0. The third-order valence-electron chi connectivity index (χ3n) is 9.29. The molecule has 3 fully saturated rings.